The average molecular weight is 330 g/mol. The summed E-state index contributed by atoms with van der Waals surface area (Å²) in [7, 11) is 5.51. The van der Waals surface area contributed by atoms with Gasteiger partial charge in [0.1, 0.15) is 11.6 Å². The molecule has 4 nitrogen and oxygen atoms in total. The second kappa shape index (κ2) is 8.57. The van der Waals surface area contributed by atoms with Crippen molar-refractivity contribution in [2.24, 2.45) is 0 Å². The molecule has 0 amide bonds. The van der Waals surface area contributed by atoms with Gasteiger partial charge in [0.05, 0.1) is 13.7 Å². The molecule has 2 aromatic rings. The van der Waals surface area contributed by atoms with Gasteiger partial charge < -0.3 is 15.0 Å². The summed E-state index contributed by atoms with van der Waals surface area (Å²) < 4.78 is 18.2. The van der Waals surface area contributed by atoms with Gasteiger partial charge in [-0.3, -0.25) is 4.79 Å². The van der Waals surface area contributed by atoms with Gasteiger partial charge >= 0.3 is 0 Å². The molecule has 128 valence electrons. The Hall–Kier alpha value is -2.24. The zero-order chi connectivity index (χ0) is 17.5. The van der Waals surface area contributed by atoms with Crippen LogP contribution in [-0.4, -0.2) is 45.0 Å². The van der Waals surface area contributed by atoms with Crippen molar-refractivity contribution in [3.05, 3.63) is 65.5 Å². The molecule has 2 rings (SSSR count). The number of benzene rings is 2. The molecule has 0 saturated heterocycles. The normalized spacial score (nSPS) is 12.2. The number of nitrogens with zero attached hydrogens (tertiary/aromatic N) is 1. The Balaban J connectivity index is 1.92. The molecule has 0 aliphatic carbocycles. The lowest BCUT2D eigenvalue weighted by molar-refractivity contribution is 0.0988. The van der Waals surface area contributed by atoms with Crippen LogP contribution >= 0.6 is 0 Å². The number of hydrogen-bond acceptors (Lipinski definition) is 4. The van der Waals surface area contributed by atoms with Gasteiger partial charge in [-0.15, -0.1) is 0 Å². The second-order valence-corrected chi connectivity index (χ2v) is 5.81. The fourth-order valence-electron chi connectivity index (χ4n) is 2.48. The Kier molecular flexibility index (Phi) is 6.46. The van der Waals surface area contributed by atoms with Crippen LogP contribution in [0.25, 0.3) is 0 Å². The first-order valence-electron chi connectivity index (χ1n) is 7.81. The van der Waals surface area contributed by atoms with Crippen LogP contribution in [0.4, 0.5) is 4.39 Å². The summed E-state index contributed by atoms with van der Waals surface area (Å²) in [4.78, 5) is 14.3. The van der Waals surface area contributed by atoms with Gasteiger partial charge in [-0.05, 0) is 56.1 Å². The van der Waals surface area contributed by atoms with Gasteiger partial charge in [0.15, 0.2) is 5.78 Å². The first-order chi connectivity index (χ1) is 11.5. The number of carbonyl (C=O) groups is 1. The molecule has 1 N–H and O–H groups in total. The van der Waals surface area contributed by atoms with E-state index in [1.165, 1.54) is 12.1 Å². The molecule has 0 spiro atoms. The standard InChI is InChI=1S/C19H23FN2O2/c1-22(2)18(14-4-8-16(20)9-5-14)12-21-13-19(23)15-6-10-17(24-3)11-7-15/h4-11,18,21H,12-13H2,1-3H3. The Morgan fingerprint density at radius 3 is 2.29 bits per heavy atom. The number of ketones is 1. The third kappa shape index (κ3) is 4.88. The van der Waals surface area contributed by atoms with Crippen LogP contribution in [0.2, 0.25) is 0 Å². The van der Waals surface area contributed by atoms with Crippen LogP contribution in [0.15, 0.2) is 48.5 Å². The molecule has 0 aliphatic rings. The SMILES string of the molecule is COc1ccc(C(=O)CNCC(c2ccc(F)cc2)N(C)C)cc1. The molecule has 0 fully saturated rings. The number of Topliss-reactive ketones (excluding diaryl/α,β-unsaturated/α-hetero) is 1. The van der Waals surface area contributed by atoms with Gasteiger partial charge in [-0.2, -0.15) is 0 Å². The Morgan fingerprint density at radius 2 is 1.75 bits per heavy atom. The molecular formula is C19H23FN2O2. The van der Waals surface area contributed by atoms with E-state index in [1.807, 2.05) is 19.0 Å². The highest BCUT2D eigenvalue weighted by Gasteiger charge is 2.15. The topological polar surface area (TPSA) is 41.6 Å². The highest BCUT2D eigenvalue weighted by atomic mass is 19.1. The van der Waals surface area contributed by atoms with E-state index in [9.17, 15) is 9.18 Å². The van der Waals surface area contributed by atoms with Crippen molar-refractivity contribution in [3.63, 3.8) is 0 Å². The minimum Gasteiger partial charge on any atom is -0.497 e. The van der Waals surface area contributed by atoms with Crippen molar-refractivity contribution in [2.75, 3.05) is 34.3 Å². The van der Waals surface area contributed by atoms with E-state index in [0.717, 1.165) is 11.3 Å². The fraction of sp³-hybridized carbons (Fsp3) is 0.316. The first kappa shape index (κ1) is 18.1. The smallest absolute Gasteiger partial charge is 0.176 e. The summed E-state index contributed by atoms with van der Waals surface area (Å²) in [6.07, 6.45) is 0. The number of likely N-dealkylation sites (N-methyl/N-ethyl adjacent to an activating group) is 1. The van der Waals surface area contributed by atoms with Crippen molar-refractivity contribution < 1.29 is 13.9 Å². The van der Waals surface area contributed by atoms with Crippen molar-refractivity contribution in [1.82, 2.24) is 10.2 Å². The zero-order valence-corrected chi connectivity index (χ0v) is 14.3. The molecule has 0 radical (unpaired) electrons. The monoisotopic (exact) mass is 330 g/mol. The summed E-state index contributed by atoms with van der Waals surface area (Å²) in [6.45, 7) is 0.846. The number of carbonyl (C=O) groups excluding carboxylic acids is 1. The number of methoxy groups -OCH3 is 1. The number of rotatable bonds is 8. The largest absolute Gasteiger partial charge is 0.497 e. The van der Waals surface area contributed by atoms with Crippen molar-refractivity contribution in [2.45, 2.75) is 6.04 Å². The van der Waals surface area contributed by atoms with E-state index in [1.54, 1.807) is 43.5 Å². The number of ether oxygens (including phenoxy) is 1. The Labute approximate surface area is 142 Å². The van der Waals surface area contributed by atoms with E-state index in [0.29, 0.717) is 12.1 Å². The molecule has 1 unspecified atom stereocenters. The van der Waals surface area contributed by atoms with Crippen molar-refractivity contribution in [3.8, 4) is 5.75 Å². The quantitative estimate of drug-likeness (QED) is 0.756. The van der Waals surface area contributed by atoms with Gasteiger partial charge in [-0.1, -0.05) is 12.1 Å². The van der Waals surface area contributed by atoms with E-state index in [2.05, 4.69) is 5.32 Å². The van der Waals surface area contributed by atoms with Crippen LogP contribution in [-0.2, 0) is 0 Å². The van der Waals surface area contributed by atoms with E-state index in [4.69, 9.17) is 4.74 Å². The summed E-state index contributed by atoms with van der Waals surface area (Å²) >= 11 is 0. The lowest BCUT2D eigenvalue weighted by Gasteiger charge is -2.25. The third-order valence-corrected chi connectivity index (χ3v) is 3.91. The maximum absolute atomic E-state index is 13.1. The fourth-order valence-corrected chi connectivity index (χ4v) is 2.48. The summed E-state index contributed by atoms with van der Waals surface area (Å²) in [5.74, 6) is 0.497. The lowest BCUT2D eigenvalue weighted by atomic mass is 10.1. The van der Waals surface area contributed by atoms with Crippen LogP contribution in [0, 0.1) is 5.82 Å². The molecule has 0 aliphatic heterocycles. The summed E-state index contributed by atoms with van der Waals surface area (Å²) in [5, 5.41) is 3.19. The van der Waals surface area contributed by atoms with Gasteiger partial charge in [0, 0.05) is 18.2 Å². The first-order valence-corrected chi connectivity index (χ1v) is 7.81. The van der Waals surface area contributed by atoms with Crippen molar-refractivity contribution in [1.29, 1.82) is 0 Å². The van der Waals surface area contributed by atoms with Gasteiger partial charge in [-0.25, -0.2) is 4.39 Å². The zero-order valence-electron chi connectivity index (χ0n) is 14.3. The van der Waals surface area contributed by atoms with Crippen LogP contribution in [0.3, 0.4) is 0 Å². The molecule has 2 aromatic carbocycles. The molecule has 0 heterocycles. The van der Waals surface area contributed by atoms with Gasteiger partial charge in [0.2, 0.25) is 0 Å². The number of hydrogen-bond donors (Lipinski definition) is 1. The van der Waals surface area contributed by atoms with E-state index < -0.39 is 0 Å². The highest BCUT2D eigenvalue weighted by Crippen LogP contribution is 2.18. The minimum absolute atomic E-state index is 0.0225. The maximum Gasteiger partial charge on any atom is 0.176 e. The predicted molar refractivity (Wildman–Crippen MR) is 93.0 cm³/mol. The Bertz CT molecular complexity index is 654. The minimum atomic E-state index is -0.251. The maximum atomic E-state index is 13.1. The molecule has 0 saturated carbocycles. The van der Waals surface area contributed by atoms with Crippen LogP contribution in [0.1, 0.15) is 22.0 Å². The second-order valence-electron chi connectivity index (χ2n) is 5.81. The molecule has 0 bridgehead atoms. The number of nitrogens with one attached hydrogen (secondary N) is 1. The molecule has 24 heavy (non-hydrogen) atoms. The lowest BCUT2D eigenvalue weighted by Crippen LogP contribution is -2.33. The molecule has 1 atom stereocenters. The van der Waals surface area contributed by atoms with E-state index >= 15 is 0 Å². The average Bonchev–Trinajstić information content (AvgIpc) is 2.59. The third-order valence-electron chi connectivity index (χ3n) is 3.91. The van der Waals surface area contributed by atoms with Gasteiger partial charge in [0.25, 0.3) is 0 Å². The summed E-state index contributed by atoms with van der Waals surface area (Å²) in [5.41, 5.74) is 1.65. The molecule has 5 heteroatoms. The molecule has 0 aromatic heterocycles. The van der Waals surface area contributed by atoms with E-state index in [-0.39, 0.29) is 24.2 Å². The number of halogens is 1. The Morgan fingerprint density at radius 1 is 1.12 bits per heavy atom. The van der Waals surface area contributed by atoms with Crippen LogP contribution in [0.5, 0.6) is 5.75 Å². The predicted octanol–water partition coefficient (Wildman–Crippen LogP) is 2.91. The highest BCUT2D eigenvalue weighted by molar-refractivity contribution is 5.97. The summed E-state index contributed by atoms with van der Waals surface area (Å²) in [6, 6.07) is 13.6. The van der Waals surface area contributed by atoms with Crippen molar-refractivity contribution >= 4 is 5.78 Å². The van der Waals surface area contributed by atoms with Crippen LogP contribution < -0.4 is 10.1 Å². The molecular weight excluding hydrogens is 307 g/mol.